The molecule has 0 radical (unpaired) electrons. The molecule has 1 unspecified atom stereocenters. The quantitative estimate of drug-likeness (QED) is 0.309. The molecule has 2 rings (SSSR count). The lowest BCUT2D eigenvalue weighted by Crippen LogP contribution is -2.52. The molecule has 8 heteroatoms. The van der Waals surface area contributed by atoms with Crippen LogP contribution in [0.1, 0.15) is 65.9 Å². The first-order chi connectivity index (χ1) is 18.0. The maximum Gasteiger partial charge on any atom is 0.249 e. The molecule has 0 bridgehead atoms. The molecule has 0 fully saturated rings. The van der Waals surface area contributed by atoms with Gasteiger partial charge in [-0.25, -0.2) is 8.78 Å². The highest BCUT2D eigenvalue weighted by atomic mass is 19.1. The number of benzene rings is 1. The van der Waals surface area contributed by atoms with Crippen molar-refractivity contribution in [3.05, 3.63) is 58.7 Å². The van der Waals surface area contributed by atoms with E-state index in [-0.39, 0.29) is 25.3 Å². The third-order valence-electron chi connectivity index (χ3n) is 7.43. The molecule has 4 N–H and O–H groups in total. The Morgan fingerprint density at radius 3 is 2.24 bits per heavy atom. The molecule has 0 saturated carbocycles. The van der Waals surface area contributed by atoms with E-state index >= 15 is 0 Å². The molecule has 212 valence electrons. The van der Waals surface area contributed by atoms with E-state index in [1.807, 2.05) is 13.8 Å². The Morgan fingerprint density at radius 1 is 1.11 bits per heavy atom. The molecular formula is C30H45F2N3O3. The van der Waals surface area contributed by atoms with Gasteiger partial charge in [0.1, 0.15) is 11.6 Å². The van der Waals surface area contributed by atoms with Crippen LogP contribution in [0, 0.1) is 28.9 Å². The molecule has 1 aliphatic rings. The van der Waals surface area contributed by atoms with E-state index in [1.165, 1.54) is 12.1 Å². The Bertz CT molecular complexity index is 1000. The van der Waals surface area contributed by atoms with E-state index in [9.17, 15) is 23.5 Å². The van der Waals surface area contributed by atoms with Gasteiger partial charge in [-0.3, -0.25) is 9.59 Å². The summed E-state index contributed by atoms with van der Waals surface area (Å²) in [6.45, 7) is 12.0. The second-order valence-corrected chi connectivity index (χ2v) is 10.8. The van der Waals surface area contributed by atoms with Crippen molar-refractivity contribution in [3.63, 3.8) is 0 Å². The van der Waals surface area contributed by atoms with Crippen molar-refractivity contribution in [1.82, 2.24) is 10.2 Å². The van der Waals surface area contributed by atoms with Crippen molar-refractivity contribution < 1.29 is 23.5 Å². The average molecular weight is 534 g/mol. The number of hydrogen-bond donors (Lipinski definition) is 3. The summed E-state index contributed by atoms with van der Waals surface area (Å²) in [4.78, 5) is 28.6. The molecule has 0 saturated heterocycles. The lowest BCUT2D eigenvalue weighted by Gasteiger charge is -2.42. The Morgan fingerprint density at radius 2 is 1.71 bits per heavy atom. The van der Waals surface area contributed by atoms with Crippen LogP contribution in [0.25, 0.3) is 0 Å². The predicted octanol–water partition coefficient (Wildman–Crippen LogP) is 4.52. The first-order valence-electron chi connectivity index (χ1n) is 13.8. The van der Waals surface area contributed by atoms with Crippen LogP contribution in [0.3, 0.4) is 0 Å². The maximum atomic E-state index is 14.1. The number of nitrogens with two attached hydrogens (primary N) is 1. The lowest BCUT2D eigenvalue weighted by molar-refractivity contribution is -0.132. The van der Waals surface area contributed by atoms with E-state index in [0.29, 0.717) is 42.3 Å². The normalized spacial score (nSPS) is 19.8. The Balaban J connectivity index is 2.52. The van der Waals surface area contributed by atoms with Gasteiger partial charge in [-0.2, -0.15) is 0 Å². The molecule has 6 nitrogen and oxygen atoms in total. The fourth-order valence-corrected chi connectivity index (χ4v) is 5.32. The van der Waals surface area contributed by atoms with Crippen LogP contribution in [0.15, 0.2) is 41.5 Å². The summed E-state index contributed by atoms with van der Waals surface area (Å²) in [6, 6.07) is 3.19. The summed E-state index contributed by atoms with van der Waals surface area (Å²) >= 11 is 0. The number of amides is 2. The van der Waals surface area contributed by atoms with Crippen LogP contribution < -0.4 is 11.1 Å². The second kappa shape index (κ2) is 14.5. The van der Waals surface area contributed by atoms with Crippen LogP contribution in [-0.2, 0) is 16.0 Å². The van der Waals surface area contributed by atoms with Crippen molar-refractivity contribution in [1.29, 1.82) is 0 Å². The van der Waals surface area contributed by atoms with Crippen molar-refractivity contribution in [2.24, 2.45) is 23.0 Å². The van der Waals surface area contributed by atoms with Crippen molar-refractivity contribution >= 4 is 11.8 Å². The number of carbonyl (C=O) groups excluding carboxylic acids is 2. The number of carbonyl (C=O) groups is 2. The highest BCUT2D eigenvalue weighted by molar-refractivity contribution is 5.96. The Labute approximate surface area is 226 Å². The number of aliphatic hydroxyl groups excluding tert-OH is 1. The molecule has 1 aromatic rings. The average Bonchev–Trinajstić information content (AvgIpc) is 2.85. The number of nitrogens with one attached hydrogen (secondary N) is 1. The molecular weight excluding hydrogens is 488 g/mol. The number of primary amides is 1. The smallest absolute Gasteiger partial charge is 0.249 e. The molecule has 0 aliphatic heterocycles. The van der Waals surface area contributed by atoms with Crippen molar-refractivity contribution in [3.8, 4) is 0 Å². The molecule has 0 aromatic heterocycles. The summed E-state index contributed by atoms with van der Waals surface area (Å²) in [7, 11) is 0. The number of allylic oxidation sites excluding steroid dienone is 2. The third kappa shape index (κ3) is 8.21. The summed E-state index contributed by atoms with van der Waals surface area (Å²) in [5.41, 5.74) is 6.07. The van der Waals surface area contributed by atoms with Gasteiger partial charge in [0.15, 0.2) is 0 Å². The van der Waals surface area contributed by atoms with Crippen molar-refractivity contribution in [2.45, 2.75) is 72.8 Å². The van der Waals surface area contributed by atoms with Crippen LogP contribution in [0.5, 0.6) is 0 Å². The standard InChI is InChI=1S/C30H45F2N3O3/c1-6-9-35(10-7-2)28(37)23-11-21(5)16-30(17-23,29(33)38)26(27(36)19-34-18-20(4)8-3)14-22-12-24(31)15-25(32)13-22/h11-13,15-16,20,26-27,34,36H,6-10,14,17-19H2,1-5H3,(H2,33,38)/t20-,26-,27+,30?/m1/s1. The third-order valence-corrected chi connectivity index (χ3v) is 7.43. The number of nitrogens with zero attached hydrogens (tertiary/aromatic N) is 1. The number of rotatable bonds is 15. The van der Waals surface area contributed by atoms with E-state index in [0.717, 1.165) is 25.3 Å². The van der Waals surface area contributed by atoms with Crippen LogP contribution in [0.2, 0.25) is 0 Å². The summed E-state index contributed by atoms with van der Waals surface area (Å²) < 4.78 is 28.2. The van der Waals surface area contributed by atoms with Gasteiger partial charge in [0, 0.05) is 37.2 Å². The van der Waals surface area contributed by atoms with E-state index < -0.39 is 35.0 Å². The van der Waals surface area contributed by atoms with Crippen LogP contribution in [-0.4, -0.2) is 54.1 Å². The first-order valence-corrected chi connectivity index (χ1v) is 13.8. The molecule has 1 aliphatic carbocycles. The SMILES string of the molecule is CCCN(CCC)C(=O)C1=CC(C)=CC(C(N)=O)([C@H](Cc2cc(F)cc(F)c2)[C@@H](O)CNC[C@H](C)CC)C1. The Kier molecular flexibility index (Phi) is 12.1. The number of aliphatic hydroxyl groups is 1. The molecule has 0 spiro atoms. The maximum absolute atomic E-state index is 14.1. The minimum Gasteiger partial charge on any atom is -0.391 e. The largest absolute Gasteiger partial charge is 0.391 e. The Hall–Kier alpha value is -2.58. The van der Waals surface area contributed by atoms with Gasteiger partial charge in [-0.15, -0.1) is 0 Å². The fraction of sp³-hybridized carbons (Fsp3) is 0.600. The van der Waals surface area contributed by atoms with Gasteiger partial charge in [0.05, 0.1) is 11.5 Å². The van der Waals surface area contributed by atoms with Gasteiger partial charge in [-0.1, -0.05) is 51.8 Å². The molecule has 2 amide bonds. The second-order valence-electron chi connectivity index (χ2n) is 10.8. The van der Waals surface area contributed by atoms with Crippen LogP contribution >= 0.6 is 0 Å². The summed E-state index contributed by atoms with van der Waals surface area (Å²) in [5.74, 6) is -2.77. The van der Waals surface area contributed by atoms with Gasteiger partial charge in [0.2, 0.25) is 11.8 Å². The minimum absolute atomic E-state index is 0.00266. The van der Waals surface area contributed by atoms with Crippen molar-refractivity contribution in [2.75, 3.05) is 26.2 Å². The van der Waals surface area contributed by atoms with E-state index in [1.54, 1.807) is 24.0 Å². The van der Waals surface area contributed by atoms with E-state index in [4.69, 9.17) is 5.73 Å². The topological polar surface area (TPSA) is 95.7 Å². The van der Waals surface area contributed by atoms with E-state index in [2.05, 4.69) is 19.2 Å². The summed E-state index contributed by atoms with van der Waals surface area (Å²) in [5, 5.41) is 14.7. The highest BCUT2D eigenvalue weighted by Gasteiger charge is 2.48. The van der Waals surface area contributed by atoms with Gasteiger partial charge < -0.3 is 21.1 Å². The van der Waals surface area contributed by atoms with Crippen LogP contribution in [0.4, 0.5) is 8.78 Å². The molecule has 1 aromatic carbocycles. The minimum atomic E-state index is -1.42. The molecule has 38 heavy (non-hydrogen) atoms. The van der Waals surface area contributed by atoms with Gasteiger partial charge in [-0.05, 0) is 62.8 Å². The zero-order valence-electron chi connectivity index (χ0n) is 23.5. The predicted molar refractivity (Wildman–Crippen MR) is 147 cm³/mol. The molecule has 4 atom stereocenters. The van der Waals surface area contributed by atoms with Gasteiger partial charge in [0.25, 0.3) is 0 Å². The number of halogens is 2. The lowest BCUT2D eigenvalue weighted by atomic mass is 9.63. The number of hydrogen-bond acceptors (Lipinski definition) is 4. The fourth-order valence-electron chi connectivity index (χ4n) is 5.32. The first kappa shape index (κ1) is 31.6. The summed E-state index contributed by atoms with van der Waals surface area (Å²) in [6.07, 6.45) is 4.98. The molecule has 0 heterocycles. The monoisotopic (exact) mass is 533 g/mol. The highest BCUT2D eigenvalue weighted by Crippen LogP contribution is 2.44. The zero-order chi connectivity index (χ0) is 28.5. The van der Waals surface area contributed by atoms with Gasteiger partial charge >= 0.3 is 0 Å². The zero-order valence-corrected chi connectivity index (χ0v) is 23.5.